The van der Waals surface area contributed by atoms with Crippen molar-refractivity contribution in [1.82, 2.24) is 15.5 Å². The Kier molecular flexibility index (Phi) is 9.26. The molecule has 6 nitrogen and oxygen atoms in total. The van der Waals surface area contributed by atoms with E-state index in [4.69, 9.17) is 4.74 Å². The first-order chi connectivity index (χ1) is 12.2. The first kappa shape index (κ1) is 20.2. The maximum absolute atomic E-state index is 12.2. The van der Waals surface area contributed by atoms with Crippen molar-refractivity contribution < 1.29 is 14.3 Å². The van der Waals surface area contributed by atoms with Crippen molar-refractivity contribution in [3.05, 3.63) is 0 Å². The smallest absolute Gasteiger partial charge is 0.223 e. The van der Waals surface area contributed by atoms with Gasteiger partial charge >= 0.3 is 0 Å². The zero-order chi connectivity index (χ0) is 17.9. The first-order valence-corrected chi connectivity index (χ1v) is 10.1. The molecule has 1 aliphatic heterocycles. The van der Waals surface area contributed by atoms with Crippen molar-refractivity contribution in [2.45, 2.75) is 64.3 Å². The fraction of sp³-hybridized carbons (Fsp3) is 0.895. The van der Waals surface area contributed by atoms with Gasteiger partial charge in [0.05, 0.1) is 0 Å². The van der Waals surface area contributed by atoms with E-state index in [9.17, 15) is 9.59 Å². The summed E-state index contributed by atoms with van der Waals surface area (Å²) in [5.41, 5.74) is 0. The number of hydrogen-bond donors (Lipinski definition) is 2. The molecule has 0 aromatic carbocycles. The van der Waals surface area contributed by atoms with Gasteiger partial charge in [-0.1, -0.05) is 12.8 Å². The highest BCUT2D eigenvalue weighted by molar-refractivity contribution is 5.78. The summed E-state index contributed by atoms with van der Waals surface area (Å²) in [4.78, 5) is 26.5. The summed E-state index contributed by atoms with van der Waals surface area (Å²) < 4.78 is 5.27. The summed E-state index contributed by atoms with van der Waals surface area (Å²) in [5.74, 6) is 0.479. The molecule has 0 aromatic rings. The van der Waals surface area contributed by atoms with Crippen LogP contribution in [0.3, 0.4) is 0 Å². The number of nitrogens with one attached hydrogen (secondary N) is 2. The summed E-state index contributed by atoms with van der Waals surface area (Å²) in [7, 11) is 0. The van der Waals surface area contributed by atoms with Crippen molar-refractivity contribution in [3.8, 4) is 0 Å². The zero-order valence-corrected chi connectivity index (χ0v) is 15.7. The van der Waals surface area contributed by atoms with E-state index in [0.29, 0.717) is 25.6 Å². The van der Waals surface area contributed by atoms with Gasteiger partial charge in [0.1, 0.15) is 0 Å². The Morgan fingerprint density at radius 2 is 1.84 bits per heavy atom. The highest BCUT2D eigenvalue weighted by Crippen LogP contribution is 2.19. The topological polar surface area (TPSA) is 70.7 Å². The van der Waals surface area contributed by atoms with Crippen LogP contribution in [0.2, 0.25) is 0 Å². The molecule has 0 spiro atoms. The van der Waals surface area contributed by atoms with E-state index in [1.54, 1.807) is 0 Å². The number of piperidine rings is 1. The van der Waals surface area contributed by atoms with Gasteiger partial charge in [-0.2, -0.15) is 0 Å². The number of ether oxygens (including phenoxy) is 1. The van der Waals surface area contributed by atoms with Crippen molar-refractivity contribution in [1.29, 1.82) is 0 Å². The highest BCUT2D eigenvalue weighted by atomic mass is 16.5. The molecular formula is C19H35N3O3. The minimum absolute atomic E-state index is 0.121. The van der Waals surface area contributed by atoms with Crippen LogP contribution in [0.5, 0.6) is 0 Å². The van der Waals surface area contributed by atoms with Gasteiger partial charge in [-0.25, -0.2) is 0 Å². The summed E-state index contributed by atoms with van der Waals surface area (Å²) in [6.07, 6.45) is 7.98. The average Bonchev–Trinajstić information content (AvgIpc) is 3.13. The predicted octanol–water partition coefficient (Wildman–Crippen LogP) is 1.69. The van der Waals surface area contributed by atoms with Crippen LogP contribution in [0, 0.1) is 5.92 Å². The molecule has 1 saturated carbocycles. The Hall–Kier alpha value is -1.14. The Bertz CT molecular complexity index is 403. The molecule has 2 amide bonds. The number of nitrogens with zero attached hydrogens (tertiary/aromatic N) is 1. The molecule has 144 valence electrons. The van der Waals surface area contributed by atoms with Gasteiger partial charge in [0.2, 0.25) is 11.8 Å². The predicted molar refractivity (Wildman–Crippen MR) is 98.3 cm³/mol. The normalized spacial score (nSPS) is 19.9. The number of carbonyl (C=O) groups excluding carboxylic acids is 2. The van der Waals surface area contributed by atoms with Gasteiger partial charge in [0.25, 0.3) is 0 Å². The summed E-state index contributed by atoms with van der Waals surface area (Å²) in [6.45, 7) is 6.73. The molecule has 0 radical (unpaired) electrons. The van der Waals surface area contributed by atoms with Gasteiger partial charge < -0.3 is 20.3 Å². The molecule has 6 heteroatoms. The third-order valence-electron chi connectivity index (χ3n) is 5.30. The van der Waals surface area contributed by atoms with Gasteiger partial charge in [-0.3, -0.25) is 9.59 Å². The largest absolute Gasteiger partial charge is 0.382 e. The Morgan fingerprint density at radius 3 is 2.52 bits per heavy atom. The minimum Gasteiger partial charge on any atom is -0.382 e. The van der Waals surface area contributed by atoms with Crippen LogP contribution < -0.4 is 10.6 Å². The second-order valence-electron chi connectivity index (χ2n) is 7.26. The van der Waals surface area contributed by atoms with E-state index >= 15 is 0 Å². The highest BCUT2D eigenvalue weighted by Gasteiger charge is 2.25. The SMILES string of the molecule is CCOCCCNC(=O)C1CCN(CCC(=O)NC2CCCC2)CC1. The van der Waals surface area contributed by atoms with Crippen LogP contribution in [-0.2, 0) is 14.3 Å². The van der Waals surface area contributed by atoms with Crippen LogP contribution in [0.4, 0.5) is 0 Å². The lowest BCUT2D eigenvalue weighted by Crippen LogP contribution is -2.42. The molecule has 0 aromatic heterocycles. The average molecular weight is 354 g/mol. The number of amides is 2. The van der Waals surface area contributed by atoms with Crippen molar-refractivity contribution in [2.75, 3.05) is 39.4 Å². The Labute approximate surface area is 152 Å². The third-order valence-corrected chi connectivity index (χ3v) is 5.30. The molecule has 0 unspecified atom stereocenters. The fourth-order valence-electron chi connectivity index (χ4n) is 3.72. The van der Waals surface area contributed by atoms with E-state index < -0.39 is 0 Å². The zero-order valence-electron chi connectivity index (χ0n) is 15.7. The fourth-order valence-corrected chi connectivity index (χ4v) is 3.72. The molecule has 0 bridgehead atoms. The van der Waals surface area contributed by atoms with E-state index in [1.165, 1.54) is 12.8 Å². The molecule has 0 atom stereocenters. The first-order valence-electron chi connectivity index (χ1n) is 10.1. The van der Waals surface area contributed by atoms with E-state index in [2.05, 4.69) is 15.5 Å². The molecule has 2 fully saturated rings. The van der Waals surface area contributed by atoms with Crippen molar-refractivity contribution in [3.63, 3.8) is 0 Å². The number of rotatable bonds is 10. The third kappa shape index (κ3) is 7.74. The number of hydrogen-bond acceptors (Lipinski definition) is 4. The van der Waals surface area contributed by atoms with Gasteiger partial charge in [0, 0.05) is 44.7 Å². The molecule has 2 aliphatic rings. The van der Waals surface area contributed by atoms with Crippen LogP contribution in [0.15, 0.2) is 0 Å². The number of carbonyl (C=O) groups is 2. The second kappa shape index (κ2) is 11.5. The molecule has 1 aliphatic carbocycles. The summed E-state index contributed by atoms with van der Waals surface area (Å²) in [5, 5.41) is 6.16. The van der Waals surface area contributed by atoms with Crippen molar-refractivity contribution in [2.24, 2.45) is 5.92 Å². The lowest BCUT2D eigenvalue weighted by atomic mass is 9.96. The van der Waals surface area contributed by atoms with Crippen LogP contribution in [-0.4, -0.2) is 62.1 Å². The van der Waals surface area contributed by atoms with Crippen LogP contribution in [0.1, 0.15) is 58.3 Å². The van der Waals surface area contributed by atoms with E-state index in [-0.39, 0.29) is 17.7 Å². The van der Waals surface area contributed by atoms with Crippen molar-refractivity contribution >= 4 is 11.8 Å². The minimum atomic E-state index is 0.121. The Balaban J connectivity index is 1.53. The molecular weight excluding hydrogens is 318 g/mol. The van der Waals surface area contributed by atoms with Gasteiger partial charge in [-0.05, 0) is 52.1 Å². The molecule has 1 heterocycles. The molecule has 2 N–H and O–H groups in total. The lowest BCUT2D eigenvalue weighted by Gasteiger charge is -2.31. The maximum atomic E-state index is 12.2. The maximum Gasteiger partial charge on any atom is 0.223 e. The second-order valence-corrected chi connectivity index (χ2v) is 7.26. The van der Waals surface area contributed by atoms with Crippen LogP contribution >= 0.6 is 0 Å². The van der Waals surface area contributed by atoms with Gasteiger partial charge in [-0.15, -0.1) is 0 Å². The summed E-state index contributed by atoms with van der Waals surface area (Å²) in [6, 6.07) is 0.407. The molecule has 25 heavy (non-hydrogen) atoms. The molecule has 2 rings (SSSR count). The summed E-state index contributed by atoms with van der Waals surface area (Å²) >= 11 is 0. The quantitative estimate of drug-likeness (QED) is 0.587. The Morgan fingerprint density at radius 1 is 1.12 bits per heavy atom. The number of likely N-dealkylation sites (tertiary alicyclic amines) is 1. The molecule has 1 saturated heterocycles. The standard InChI is InChI=1S/C19H35N3O3/c1-2-25-15-5-11-20-19(24)16-8-12-22(13-9-16)14-10-18(23)21-17-6-3-4-7-17/h16-17H,2-15H2,1H3,(H,20,24)(H,21,23). The van der Waals surface area contributed by atoms with Gasteiger partial charge in [0.15, 0.2) is 0 Å². The van der Waals surface area contributed by atoms with E-state index in [1.807, 2.05) is 6.92 Å². The monoisotopic (exact) mass is 353 g/mol. The van der Waals surface area contributed by atoms with Crippen LogP contribution in [0.25, 0.3) is 0 Å². The van der Waals surface area contributed by atoms with E-state index in [0.717, 1.165) is 58.3 Å². The lowest BCUT2D eigenvalue weighted by molar-refractivity contribution is -0.127.